The average molecular weight is 360 g/mol. The molecule has 0 aliphatic carbocycles. The van der Waals surface area contributed by atoms with Crippen LogP contribution in [0.15, 0.2) is 31.8 Å². The lowest BCUT2D eigenvalue weighted by Crippen LogP contribution is -2.19. The molecular formula is C14H18ClN3S3. The van der Waals surface area contributed by atoms with Crippen LogP contribution in [0.3, 0.4) is 0 Å². The van der Waals surface area contributed by atoms with Crippen LogP contribution in [-0.2, 0) is 6.54 Å². The monoisotopic (exact) mass is 359 g/mol. The van der Waals surface area contributed by atoms with Crippen LogP contribution in [0.5, 0.6) is 0 Å². The van der Waals surface area contributed by atoms with E-state index in [4.69, 9.17) is 11.6 Å². The lowest BCUT2D eigenvalue weighted by molar-refractivity contribution is 0.550. The van der Waals surface area contributed by atoms with Gasteiger partial charge in [-0.15, -0.1) is 10.2 Å². The second kappa shape index (κ2) is 8.39. The molecular weight excluding hydrogens is 342 g/mol. The summed E-state index contributed by atoms with van der Waals surface area (Å²) in [6.07, 6.45) is 2.01. The third-order valence-corrected chi connectivity index (χ3v) is 5.95. The van der Waals surface area contributed by atoms with E-state index in [1.165, 1.54) is 10.5 Å². The zero-order valence-corrected chi connectivity index (χ0v) is 15.4. The Kier molecular flexibility index (Phi) is 6.82. The largest absolute Gasteiger partial charge is 0.312 e. The molecule has 0 saturated heterocycles. The molecule has 0 spiro atoms. The lowest BCUT2D eigenvalue weighted by atomic mass is 10.2. The van der Waals surface area contributed by atoms with Crippen molar-refractivity contribution < 1.29 is 0 Å². The van der Waals surface area contributed by atoms with Crippen molar-refractivity contribution in [3.8, 4) is 0 Å². The molecule has 2 aromatic rings. The van der Waals surface area contributed by atoms with Crippen molar-refractivity contribution in [2.75, 3.05) is 12.8 Å². The van der Waals surface area contributed by atoms with E-state index in [1.807, 2.05) is 18.4 Å². The number of hydrogen-bond acceptors (Lipinski definition) is 6. The Balaban J connectivity index is 2.10. The number of nitrogens with one attached hydrogen (secondary N) is 1. The van der Waals surface area contributed by atoms with Gasteiger partial charge >= 0.3 is 0 Å². The molecule has 1 heterocycles. The van der Waals surface area contributed by atoms with E-state index in [-0.39, 0.29) is 0 Å². The van der Waals surface area contributed by atoms with Gasteiger partial charge in [0.1, 0.15) is 0 Å². The maximum Gasteiger partial charge on any atom is 0.179 e. The van der Waals surface area contributed by atoms with E-state index in [0.717, 1.165) is 26.8 Å². The van der Waals surface area contributed by atoms with E-state index < -0.39 is 0 Å². The van der Waals surface area contributed by atoms with Crippen LogP contribution in [0.25, 0.3) is 0 Å². The first-order chi connectivity index (χ1) is 10.1. The van der Waals surface area contributed by atoms with Crippen LogP contribution >= 0.6 is 46.5 Å². The van der Waals surface area contributed by atoms with Crippen molar-refractivity contribution in [1.82, 2.24) is 15.5 Å². The van der Waals surface area contributed by atoms with Gasteiger partial charge in [0.2, 0.25) is 0 Å². The number of halogens is 1. The summed E-state index contributed by atoms with van der Waals surface area (Å²) in [4.78, 5) is 1.18. The number of hydrogen-bond donors (Lipinski definition) is 1. The summed E-state index contributed by atoms with van der Waals surface area (Å²) >= 11 is 11.0. The number of rotatable bonds is 7. The minimum atomic E-state index is 0.632. The molecule has 0 aliphatic heterocycles. The van der Waals surface area contributed by atoms with E-state index in [2.05, 4.69) is 35.4 Å². The lowest BCUT2D eigenvalue weighted by Gasteiger charge is -2.11. The van der Waals surface area contributed by atoms with Crippen LogP contribution < -0.4 is 5.32 Å². The van der Waals surface area contributed by atoms with Crippen molar-refractivity contribution in [2.45, 2.75) is 34.0 Å². The van der Waals surface area contributed by atoms with Gasteiger partial charge in [-0.3, -0.25) is 0 Å². The van der Waals surface area contributed by atoms with Gasteiger partial charge in [0.25, 0.3) is 0 Å². The molecule has 7 heteroatoms. The highest BCUT2D eigenvalue weighted by Gasteiger charge is 2.10. The topological polar surface area (TPSA) is 37.8 Å². The maximum absolute atomic E-state index is 6.12. The standard InChI is InChI=1S/C14H18ClN3S3/c1-9(2)7-16-8-10-6-11(15)4-5-12(10)20-14-18-17-13(19-3)21-14/h4-6,9,16H,7-8H2,1-3H3. The van der Waals surface area contributed by atoms with Crippen LogP contribution in [-0.4, -0.2) is 23.0 Å². The first-order valence-corrected chi connectivity index (χ1v) is 9.86. The Morgan fingerprint density at radius 3 is 2.71 bits per heavy atom. The van der Waals surface area contributed by atoms with Crippen LogP contribution in [0.2, 0.25) is 5.02 Å². The second-order valence-corrected chi connectivity index (χ2v) is 8.67. The van der Waals surface area contributed by atoms with E-state index >= 15 is 0 Å². The Hall–Kier alpha value is -0.270. The summed E-state index contributed by atoms with van der Waals surface area (Å²) in [5.74, 6) is 0.632. The Morgan fingerprint density at radius 2 is 2.05 bits per heavy atom. The quantitative estimate of drug-likeness (QED) is 0.718. The second-order valence-electron chi connectivity index (χ2n) is 4.92. The summed E-state index contributed by atoms with van der Waals surface area (Å²) in [7, 11) is 0. The van der Waals surface area contributed by atoms with Gasteiger partial charge in [-0.1, -0.05) is 60.3 Å². The molecule has 114 valence electrons. The summed E-state index contributed by atoms with van der Waals surface area (Å²) in [6.45, 7) is 6.21. The molecule has 0 unspecified atom stereocenters. The van der Waals surface area contributed by atoms with Gasteiger partial charge in [0.05, 0.1) is 0 Å². The zero-order valence-electron chi connectivity index (χ0n) is 12.2. The SMILES string of the molecule is CSc1nnc(Sc2ccc(Cl)cc2CNCC(C)C)s1. The van der Waals surface area contributed by atoms with Crippen molar-refractivity contribution in [3.05, 3.63) is 28.8 Å². The van der Waals surface area contributed by atoms with Gasteiger partial charge in [0, 0.05) is 16.5 Å². The molecule has 0 bridgehead atoms. The molecule has 2 rings (SSSR count). The van der Waals surface area contributed by atoms with Crippen LogP contribution in [0.4, 0.5) is 0 Å². The van der Waals surface area contributed by atoms with Crippen molar-refractivity contribution in [3.63, 3.8) is 0 Å². The molecule has 0 aliphatic rings. The molecule has 0 amide bonds. The minimum Gasteiger partial charge on any atom is -0.312 e. The predicted octanol–water partition coefficient (Wildman–Crippen LogP) is 4.81. The average Bonchev–Trinajstić information content (AvgIpc) is 2.89. The molecule has 1 N–H and O–H groups in total. The van der Waals surface area contributed by atoms with Crippen LogP contribution in [0, 0.1) is 5.92 Å². The highest BCUT2D eigenvalue weighted by atomic mass is 35.5. The van der Waals surface area contributed by atoms with Crippen molar-refractivity contribution in [1.29, 1.82) is 0 Å². The normalized spacial score (nSPS) is 11.3. The highest BCUT2D eigenvalue weighted by molar-refractivity contribution is 8.03. The zero-order chi connectivity index (χ0) is 15.2. The minimum absolute atomic E-state index is 0.632. The van der Waals surface area contributed by atoms with Crippen molar-refractivity contribution >= 4 is 46.5 Å². The summed E-state index contributed by atoms with van der Waals surface area (Å²) in [6, 6.07) is 6.00. The van der Waals surface area contributed by atoms with Crippen LogP contribution in [0.1, 0.15) is 19.4 Å². The van der Waals surface area contributed by atoms with Gasteiger partial charge in [-0.05, 0) is 42.5 Å². The fourth-order valence-corrected chi connectivity index (χ4v) is 4.40. The molecule has 3 nitrogen and oxygen atoms in total. The Bertz CT molecular complexity index is 587. The Morgan fingerprint density at radius 1 is 1.29 bits per heavy atom. The summed E-state index contributed by atoms with van der Waals surface area (Å²) < 4.78 is 1.96. The third-order valence-electron chi connectivity index (χ3n) is 2.65. The Labute approximate surface area is 143 Å². The smallest absolute Gasteiger partial charge is 0.179 e. The maximum atomic E-state index is 6.12. The number of aromatic nitrogens is 2. The first kappa shape index (κ1) is 17.1. The molecule has 1 aromatic carbocycles. The van der Waals surface area contributed by atoms with Gasteiger partial charge in [-0.25, -0.2) is 0 Å². The summed E-state index contributed by atoms with van der Waals surface area (Å²) in [5.41, 5.74) is 1.20. The molecule has 0 fully saturated rings. The molecule has 0 radical (unpaired) electrons. The molecule has 0 saturated carbocycles. The van der Waals surface area contributed by atoms with Gasteiger partial charge in [-0.2, -0.15) is 0 Å². The molecule has 0 atom stereocenters. The summed E-state index contributed by atoms with van der Waals surface area (Å²) in [5, 5.41) is 12.6. The van der Waals surface area contributed by atoms with Crippen molar-refractivity contribution in [2.24, 2.45) is 5.92 Å². The predicted molar refractivity (Wildman–Crippen MR) is 93.8 cm³/mol. The molecule has 1 aromatic heterocycles. The van der Waals surface area contributed by atoms with Gasteiger partial charge < -0.3 is 5.32 Å². The number of benzene rings is 1. The molecule has 21 heavy (non-hydrogen) atoms. The third kappa shape index (κ3) is 5.45. The number of nitrogens with zero attached hydrogens (tertiary/aromatic N) is 2. The fourth-order valence-electron chi connectivity index (χ4n) is 1.70. The van der Waals surface area contributed by atoms with E-state index in [9.17, 15) is 0 Å². The first-order valence-electron chi connectivity index (χ1n) is 6.63. The van der Waals surface area contributed by atoms with E-state index in [1.54, 1.807) is 34.9 Å². The van der Waals surface area contributed by atoms with Gasteiger partial charge in [0.15, 0.2) is 8.68 Å². The number of thioether (sulfide) groups is 1. The fraction of sp³-hybridized carbons (Fsp3) is 0.429. The highest BCUT2D eigenvalue weighted by Crippen LogP contribution is 2.35. The van der Waals surface area contributed by atoms with E-state index in [0.29, 0.717) is 5.92 Å².